The van der Waals surface area contributed by atoms with Gasteiger partial charge in [0, 0.05) is 6.07 Å². The summed E-state index contributed by atoms with van der Waals surface area (Å²) in [5.41, 5.74) is 4.38. The minimum atomic E-state index is -3.33. The number of alkyl halides is 3. The van der Waals surface area contributed by atoms with Crippen molar-refractivity contribution in [2.24, 2.45) is 0 Å². The minimum Gasteiger partial charge on any atom is -0.437 e. The van der Waals surface area contributed by atoms with Gasteiger partial charge >= 0.3 is 6.43 Å². The van der Waals surface area contributed by atoms with E-state index in [0.717, 1.165) is 6.07 Å². The van der Waals surface area contributed by atoms with Crippen LogP contribution in [0.1, 0.15) is 0 Å². The van der Waals surface area contributed by atoms with Crippen LogP contribution in [0, 0.1) is 5.41 Å². The Kier molecular flexibility index (Phi) is 3.02. The van der Waals surface area contributed by atoms with Gasteiger partial charge in [-0.2, -0.15) is 9.37 Å². The monoisotopic (exact) mass is 224 g/mol. The van der Waals surface area contributed by atoms with Gasteiger partial charge in [0.25, 0.3) is 12.0 Å². The van der Waals surface area contributed by atoms with E-state index >= 15 is 0 Å². The first-order valence-electron chi connectivity index (χ1n) is 3.64. The number of nitrogens with two attached hydrogens (primary N) is 1. The minimum absolute atomic E-state index is 0.183. The smallest absolute Gasteiger partial charge is 0.304 e. The topological polar surface area (TPSA) is 97.1 Å². The van der Waals surface area contributed by atoms with Crippen LogP contribution in [0.25, 0.3) is 0 Å². The summed E-state index contributed by atoms with van der Waals surface area (Å²) in [6.07, 6.45) is -6.19. The van der Waals surface area contributed by atoms with E-state index in [2.05, 4.69) is 9.72 Å². The quantitative estimate of drug-likeness (QED) is 0.635. The molecular weight excluding hydrogens is 217 g/mol. The first-order chi connectivity index (χ1) is 6.91. The molecule has 15 heavy (non-hydrogen) atoms. The van der Waals surface area contributed by atoms with Gasteiger partial charge in [0.05, 0.1) is 0 Å². The average molecular weight is 224 g/mol. The van der Waals surface area contributed by atoms with Gasteiger partial charge in [0.15, 0.2) is 0 Å². The first kappa shape index (κ1) is 11.1. The lowest BCUT2D eigenvalue weighted by molar-refractivity contribution is -0.0695. The zero-order chi connectivity index (χ0) is 11.6. The molecule has 0 saturated carbocycles. The molecule has 0 amide bonds. The van der Waals surface area contributed by atoms with Crippen LogP contribution in [0.5, 0.6) is 5.88 Å². The molecule has 9 heteroatoms. The third kappa shape index (κ3) is 2.51. The van der Waals surface area contributed by atoms with Crippen molar-refractivity contribution >= 4 is 5.82 Å². The number of anilines is 1. The van der Waals surface area contributed by atoms with E-state index < -0.39 is 24.3 Å². The van der Waals surface area contributed by atoms with Crippen molar-refractivity contribution in [3.63, 3.8) is 0 Å². The van der Waals surface area contributed by atoms with Crippen molar-refractivity contribution in [1.29, 1.82) is 5.41 Å². The normalized spacial score (nSPS) is 12.8. The van der Waals surface area contributed by atoms with Crippen molar-refractivity contribution in [1.82, 2.24) is 9.71 Å². The van der Waals surface area contributed by atoms with E-state index in [9.17, 15) is 13.2 Å². The number of ether oxygens (including phenoxy) is 1. The molecule has 0 saturated heterocycles. The molecule has 1 heterocycles. The third-order valence-corrected chi connectivity index (χ3v) is 1.36. The summed E-state index contributed by atoms with van der Waals surface area (Å²) < 4.78 is 40.1. The van der Waals surface area contributed by atoms with Crippen molar-refractivity contribution in [2.45, 2.75) is 12.8 Å². The molecule has 84 valence electrons. The molecule has 0 radical (unpaired) electrons. The number of rotatable bonds is 3. The van der Waals surface area contributed by atoms with E-state index in [-0.39, 0.29) is 10.5 Å². The molecule has 1 aromatic rings. The molecule has 6 nitrogen and oxygen atoms in total. The van der Waals surface area contributed by atoms with Crippen LogP contribution in [0.4, 0.5) is 19.0 Å². The summed E-state index contributed by atoms with van der Waals surface area (Å²) in [6, 6.07) is 0.812. The number of hydrogen-bond acceptors (Lipinski definition) is 5. The zero-order valence-corrected chi connectivity index (χ0v) is 7.19. The molecule has 1 unspecified atom stereocenters. The van der Waals surface area contributed by atoms with E-state index in [0.29, 0.717) is 0 Å². The molecular formula is C6H7F3N4O2. The summed E-state index contributed by atoms with van der Waals surface area (Å²) in [4.78, 5) is 3.16. The Morgan fingerprint density at radius 3 is 2.60 bits per heavy atom. The number of hydrogen-bond donors (Lipinski definition) is 3. The van der Waals surface area contributed by atoms with Gasteiger partial charge in [0.2, 0.25) is 5.88 Å². The number of nitrogens with one attached hydrogen (secondary N) is 1. The SMILES string of the molecule is N=c1nc(OC(F)C(F)F)cc(N)n1O. The largest absolute Gasteiger partial charge is 0.437 e. The molecule has 0 aliphatic rings. The highest BCUT2D eigenvalue weighted by atomic mass is 19.3. The maximum atomic E-state index is 12.4. The fraction of sp³-hybridized carbons (Fsp3) is 0.333. The summed E-state index contributed by atoms with van der Waals surface area (Å²) in [7, 11) is 0. The van der Waals surface area contributed by atoms with Crippen LogP contribution < -0.4 is 16.1 Å². The Balaban J connectivity index is 2.93. The van der Waals surface area contributed by atoms with Crippen LogP contribution in [0.2, 0.25) is 0 Å². The van der Waals surface area contributed by atoms with Gasteiger partial charge in [-0.25, -0.2) is 8.78 Å². The summed E-state index contributed by atoms with van der Waals surface area (Å²) >= 11 is 0. The van der Waals surface area contributed by atoms with Gasteiger partial charge in [-0.15, -0.1) is 4.73 Å². The summed E-state index contributed by atoms with van der Waals surface area (Å²) in [5, 5.41) is 15.9. The molecule has 1 atom stereocenters. The lowest BCUT2D eigenvalue weighted by Crippen LogP contribution is -2.26. The molecule has 1 rings (SSSR count). The van der Waals surface area contributed by atoms with Gasteiger partial charge in [-0.1, -0.05) is 0 Å². The Bertz CT molecular complexity index is 408. The first-order valence-corrected chi connectivity index (χ1v) is 3.64. The third-order valence-electron chi connectivity index (χ3n) is 1.36. The highest BCUT2D eigenvalue weighted by molar-refractivity contribution is 5.31. The second-order valence-electron chi connectivity index (χ2n) is 2.46. The standard InChI is InChI=1S/C6H7F3N4O2/c7-4(8)5(9)15-3-1-2(10)13(14)6(11)12-3/h1,4-5,11,14H,10H2. The number of nitrogen functional groups attached to an aromatic ring is 1. The average Bonchev–Trinajstić information content (AvgIpc) is 2.13. The molecule has 0 aromatic carbocycles. The van der Waals surface area contributed by atoms with Crippen molar-refractivity contribution < 1.29 is 23.1 Å². The molecule has 0 fully saturated rings. The molecule has 0 spiro atoms. The highest BCUT2D eigenvalue weighted by Crippen LogP contribution is 2.14. The van der Waals surface area contributed by atoms with E-state index in [1.165, 1.54) is 0 Å². The lowest BCUT2D eigenvalue weighted by Gasteiger charge is -2.10. The van der Waals surface area contributed by atoms with Crippen LogP contribution in [0.15, 0.2) is 6.07 Å². The van der Waals surface area contributed by atoms with Gasteiger partial charge in [-0.3, -0.25) is 5.41 Å². The van der Waals surface area contributed by atoms with Crippen molar-refractivity contribution in [3.8, 4) is 5.88 Å². The van der Waals surface area contributed by atoms with E-state index in [1.807, 2.05) is 0 Å². The second kappa shape index (κ2) is 4.07. The Morgan fingerprint density at radius 1 is 1.53 bits per heavy atom. The molecule has 1 aromatic heterocycles. The second-order valence-corrected chi connectivity index (χ2v) is 2.46. The molecule has 0 bridgehead atoms. The summed E-state index contributed by atoms with van der Waals surface area (Å²) in [5.74, 6) is -0.984. The zero-order valence-electron chi connectivity index (χ0n) is 7.19. The molecule has 0 aliphatic heterocycles. The number of aromatic nitrogens is 2. The highest BCUT2D eigenvalue weighted by Gasteiger charge is 2.21. The fourth-order valence-corrected chi connectivity index (χ4v) is 0.721. The van der Waals surface area contributed by atoms with Crippen LogP contribution >= 0.6 is 0 Å². The van der Waals surface area contributed by atoms with E-state index in [4.69, 9.17) is 16.4 Å². The number of nitrogens with zero attached hydrogens (tertiary/aromatic N) is 2. The van der Waals surface area contributed by atoms with Crippen molar-refractivity contribution in [3.05, 3.63) is 11.7 Å². The predicted molar refractivity (Wildman–Crippen MR) is 41.2 cm³/mol. The van der Waals surface area contributed by atoms with E-state index in [1.54, 1.807) is 0 Å². The van der Waals surface area contributed by atoms with Crippen LogP contribution in [-0.2, 0) is 0 Å². The Morgan fingerprint density at radius 2 is 2.13 bits per heavy atom. The maximum Gasteiger partial charge on any atom is 0.304 e. The summed E-state index contributed by atoms with van der Waals surface area (Å²) in [6.45, 7) is 0. The lowest BCUT2D eigenvalue weighted by atomic mass is 10.5. The molecule has 4 N–H and O–H groups in total. The Labute approximate surface area is 81.2 Å². The van der Waals surface area contributed by atoms with Gasteiger partial charge < -0.3 is 15.7 Å². The van der Waals surface area contributed by atoms with Crippen LogP contribution in [-0.4, -0.2) is 27.7 Å². The maximum absolute atomic E-state index is 12.4. The van der Waals surface area contributed by atoms with Gasteiger partial charge in [0.1, 0.15) is 5.82 Å². The van der Waals surface area contributed by atoms with Gasteiger partial charge in [-0.05, 0) is 0 Å². The fourth-order valence-electron chi connectivity index (χ4n) is 0.721. The predicted octanol–water partition coefficient (Wildman–Crippen LogP) is 0.122. The van der Waals surface area contributed by atoms with Crippen LogP contribution in [0.3, 0.4) is 0 Å². The van der Waals surface area contributed by atoms with Crippen molar-refractivity contribution in [2.75, 3.05) is 5.73 Å². The molecule has 0 aliphatic carbocycles. The Hall–Kier alpha value is -1.93. The number of halogens is 3.